The molecule has 1 aliphatic heterocycles. The third-order valence-electron chi connectivity index (χ3n) is 12.9. The van der Waals surface area contributed by atoms with Crippen LogP contribution in [-0.4, -0.2) is 61.4 Å². The Morgan fingerprint density at radius 2 is 1.45 bits per heavy atom. The largest absolute Gasteiger partial charge is 0.480 e. The summed E-state index contributed by atoms with van der Waals surface area (Å²) in [5, 5.41) is 23.3. The molecule has 0 unspecified atom stereocenters. The zero-order valence-electron chi connectivity index (χ0n) is 32.7. The average molecular weight is 755 g/mol. The van der Waals surface area contributed by atoms with Gasteiger partial charge in [-0.25, -0.2) is 0 Å². The van der Waals surface area contributed by atoms with Crippen LogP contribution in [0.3, 0.4) is 0 Å². The Bertz CT molecular complexity index is 2140. The number of likely N-dealkylation sites (tertiary alicyclic amines) is 1. The SMILES string of the molecule is Cc1c(CC(=O)c2cc(C3CC3)c(CN3CCCC[C@H]3C(=O)O)cn2)cccc1-c1cccc(NC(=O)c2cc(C3CC3)c(CC[C@@H]3CCC[C@H]3O)cn2)c1C. The van der Waals surface area contributed by atoms with Gasteiger partial charge in [0.1, 0.15) is 17.4 Å². The van der Waals surface area contributed by atoms with Gasteiger partial charge in [-0.1, -0.05) is 43.2 Å². The summed E-state index contributed by atoms with van der Waals surface area (Å²) in [6, 6.07) is 15.4. The van der Waals surface area contributed by atoms with Gasteiger partial charge in [-0.15, -0.1) is 0 Å². The third-order valence-corrected chi connectivity index (χ3v) is 12.9. The van der Waals surface area contributed by atoms with Crippen LogP contribution >= 0.6 is 0 Å². The molecule has 2 aromatic heterocycles. The Kier molecular flexibility index (Phi) is 11.2. The zero-order chi connectivity index (χ0) is 38.9. The van der Waals surface area contributed by atoms with Crippen LogP contribution in [0.25, 0.3) is 11.1 Å². The van der Waals surface area contributed by atoms with Gasteiger partial charge >= 0.3 is 5.97 Å². The Morgan fingerprint density at radius 1 is 0.768 bits per heavy atom. The summed E-state index contributed by atoms with van der Waals surface area (Å²) in [6.45, 7) is 5.36. The number of amides is 1. The van der Waals surface area contributed by atoms with Crippen molar-refractivity contribution in [3.05, 3.63) is 111 Å². The smallest absolute Gasteiger partial charge is 0.320 e. The molecule has 2 aromatic carbocycles. The van der Waals surface area contributed by atoms with Gasteiger partial charge in [-0.3, -0.25) is 29.3 Å². The number of hydrogen-bond acceptors (Lipinski definition) is 7. The number of pyridine rings is 2. The maximum Gasteiger partial charge on any atom is 0.320 e. The number of carbonyl (C=O) groups excluding carboxylic acids is 2. The number of Topliss-reactive ketones (excluding diaryl/α,β-unsaturated/α-hetero) is 1. The minimum absolute atomic E-state index is 0.0435. The van der Waals surface area contributed by atoms with Gasteiger partial charge in [-0.2, -0.15) is 0 Å². The number of nitrogens with one attached hydrogen (secondary N) is 1. The molecule has 3 heterocycles. The van der Waals surface area contributed by atoms with Crippen LogP contribution in [0.5, 0.6) is 0 Å². The predicted molar refractivity (Wildman–Crippen MR) is 217 cm³/mol. The highest BCUT2D eigenvalue weighted by molar-refractivity contribution is 6.04. The number of aliphatic hydroxyl groups excluding tert-OH is 1. The minimum Gasteiger partial charge on any atom is -0.480 e. The molecule has 3 atom stereocenters. The number of ketones is 1. The van der Waals surface area contributed by atoms with E-state index in [-0.39, 0.29) is 24.2 Å². The Labute approximate surface area is 330 Å². The normalized spacial score (nSPS) is 21.2. The van der Waals surface area contributed by atoms with Gasteiger partial charge in [0.2, 0.25) is 0 Å². The monoisotopic (exact) mass is 754 g/mol. The number of carboxylic acids is 1. The summed E-state index contributed by atoms with van der Waals surface area (Å²) in [4.78, 5) is 50.7. The maximum atomic E-state index is 13.8. The van der Waals surface area contributed by atoms with Crippen molar-refractivity contribution in [1.82, 2.24) is 14.9 Å². The van der Waals surface area contributed by atoms with E-state index in [1.807, 2.05) is 56.4 Å². The highest BCUT2D eigenvalue weighted by Gasteiger charge is 2.33. The van der Waals surface area contributed by atoms with Crippen molar-refractivity contribution in [2.24, 2.45) is 5.92 Å². The van der Waals surface area contributed by atoms with E-state index >= 15 is 0 Å². The lowest BCUT2D eigenvalue weighted by Gasteiger charge is -2.33. The lowest BCUT2D eigenvalue weighted by atomic mass is 9.90. The maximum absolute atomic E-state index is 13.8. The van der Waals surface area contributed by atoms with Crippen LogP contribution in [0, 0.1) is 19.8 Å². The summed E-state index contributed by atoms with van der Waals surface area (Å²) < 4.78 is 0. The Morgan fingerprint density at radius 3 is 2.16 bits per heavy atom. The first kappa shape index (κ1) is 38.2. The van der Waals surface area contributed by atoms with Gasteiger partial charge in [0.25, 0.3) is 5.91 Å². The average Bonchev–Trinajstić information content (AvgIpc) is 4.14. The fourth-order valence-corrected chi connectivity index (χ4v) is 9.22. The van der Waals surface area contributed by atoms with Gasteiger partial charge in [0.15, 0.2) is 5.78 Å². The topological polar surface area (TPSA) is 133 Å². The fraction of sp³-hybridized carbons (Fsp3) is 0.468. The molecule has 3 saturated carbocycles. The third kappa shape index (κ3) is 8.35. The molecule has 3 aliphatic carbocycles. The molecule has 8 rings (SSSR count). The van der Waals surface area contributed by atoms with E-state index in [0.29, 0.717) is 42.1 Å². The molecule has 4 aromatic rings. The lowest BCUT2D eigenvalue weighted by Crippen LogP contribution is -2.44. The molecule has 1 amide bonds. The van der Waals surface area contributed by atoms with E-state index in [4.69, 9.17) is 0 Å². The quantitative estimate of drug-likeness (QED) is 0.109. The van der Waals surface area contributed by atoms with Crippen molar-refractivity contribution < 1.29 is 24.6 Å². The summed E-state index contributed by atoms with van der Waals surface area (Å²) in [6.07, 6.45) is 15.6. The first-order chi connectivity index (χ1) is 27.1. The van der Waals surface area contributed by atoms with Crippen LogP contribution in [0.15, 0.2) is 60.9 Å². The van der Waals surface area contributed by atoms with Crippen molar-refractivity contribution in [2.75, 3.05) is 11.9 Å². The van der Waals surface area contributed by atoms with Crippen molar-refractivity contribution in [1.29, 1.82) is 0 Å². The molecule has 4 fully saturated rings. The van der Waals surface area contributed by atoms with E-state index in [2.05, 4.69) is 32.3 Å². The van der Waals surface area contributed by atoms with Crippen molar-refractivity contribution >= 4 is 23.3 Å². The molecule has 4 aliphatic rings. The summed E-state index contributed by atoms with van der Waals surface area (Å²) in [5.41, 5.74) is 11.1. The number of aryl methyl sites for hydroxylation is 1. The zero-order valence-corrected chi connectivity index (χ0v) is 32.7. The number of anilines is 1. The number of carbonyl (C=O) groups is 3. The van der Waals surface area contributed by atoms with E-state index in [1.165, 1.54) is 11.1 Å². The molecular weight excluding hydrogens is 701 g/mol. The Hall–Kier alpha value is -4.73. The number of aliphatic carboxylic acids is 1. The number of hydrogen-bond donors (Lipinski definition) is 3. The van der Waals surface area contributed by atoms with Gasteiger partial charge in [0.05, 0.1) is 6.10 Å². The van der Waals surface area contributed by atoms with Gasteiger partial charge in [0, 0.05) is 31.0 Å². The number of rotatable bonds is 14. The second kappa shape index (κ2) is 16.4. The van der Waals surface area contributed by atoms with Gasteiger partial charge < -0.3 is 15.5 Å². The molecule has 56 heavy (non-hydrogen) atoms. The summed E-state index contributed by atoms with van der Waals surface area (Å²) in [5.74, 6) is 0.183. The number of piperidine rings is 1. The highest BCUT2D eigenvalue weighted by Crippen LogP contribution is 2.44. The number of carboxylic acid groups (broad SMARTS) is 1. The predicted octanol–water partition coefficient (Wildman–Crippen LogP) is 8.73. The number of aliphatic hydroxyl groups is 1. The molecule has 0 bridgehead atoms. The first-order valence-electron chi connectivity index (χ1n) is 20.8. The number of nitrogens with zero attached hydrogens (tertiary/aromatic N) is 3. The molecule has 292 valence electrons. The second-order valence-electron chi connectivity index (χ2n) is 16.8. The van der Waals surface area contributed by atoms with Crippen LogP contribution in [0.4, 0.5) is 5.69 Å². The van der Waals surface area contributed by atoms with E-state index in [1.54, 1.807) is 6.20 Å². The van der Waals surface area contributed by atoms with E-state index in [9.17, 15) is 24.6 Å². The fourth-order valence-electron chi connectivity index (χ4n) is 9.22. The highest BCUT2D eigenvalue weighted by atomic mass is 16.4. The van der Waals surface area contributed by atoms with E-state index < -0.39 is 12.0 Å². The van der Waals surface area contributed by atoms with Crippen LogP contribution in [-0.2, 0) is 24.2 Å². The molecule has 1 saturated heterocycles. The molecule has 0 spiro atoms. The molecular formula is C47H54N4O5. The summed E-state index contributed by atoms with van der Waals surface area (Å²) >= 11 is 0. The van der Waals surface area contributed by atoms with Gasteiger partial charge in [-0.05, 0) is 171 Å². The standard InChI is InChI=1S/C47H54N4O5/c1-28-33(22-45(53)41-23-39(31-17-18-31)35(26-48-41)27-51-21-4-3-13-43(51)47(55)56)9-5-10-36(28)37-11-7-12-40(29(37)2)50-46(54)42-24-38(30-15-16-30)34(25-49-42)20-19-32-8-6-14-44(32)52/h5,7,9-12,23-26,30-32,43-44,52H,3-4,6,8,13-22,27H2,1-2H3,(H,50,54)(H,55,56)/t32-,43-,44+/m0/s1. The minimum atomic E-state index is -0.768. The first-order valence-corrected chi connectivity index (χ1v) is 20.8. The number of benzene rings is 2. The lowest BCUT2D eigenvalue weighted by molar-refractivity contribution is -0.144. The van der Waals surface area contributed by atoms with Crippen molar-refractivity contribution in [2.45, 2.75) is 128 Å². The molecule has 9 heteroatoms. The van der Waals surface area contributed by atoms with Crippen LogP contribution in [0.2, 0.25) is 0 Å². The van der Waals surface area contributed by atoms with Crippen LogP contribution in [0.1, 0.15) is 142 Å². The van der Waals surface area contributed by atoms with E-state index in [0.717, 1.165) is 122 Å². The van der Waals surface area contributed by atoms with Crippen molar-refractivity contribution in [3.8, 4) is 11.1 Å². The van der Waals surface area contributed by atoms with Crippen LogP contribution < -0.4 is 5.32 Å². The summed E-state index contributed by atoms with van der Waals surface area (Å²) in [7, 11) is 0. The van der Waals surface area contributed by atoms with Crippen molar-refractivity contribution in [3.63, 3.8) is 0 Å². The molecule has 3 N–H and O–H groups in total. The molecule has 9 nitrogen and oxygen atoms in total. The Balaban J connectivity index is 0.968. The molecule has 0 radical (unpaired) electrons. The number of aromatic nitrogens is 2. The second-order valence-corrected chi connectivity index (χ2v) is 16.8.